The molecule has 20 heavy (non-hydrogen) atoms. The standard InChI is InChI=1S/C16H20N2O2/c1-12(13-7-8-13)11-18-16(20)15-14(5-2-3-10-19)6-4-9-17-15/h4,6,9,12-13,19H,3,7-8,10-11H2,1H3,(H,18,20). The van der Waals surface area contributed by atoms with Crippen LogP contribution in [0.25, 0.3) is 0 Å². The summed E-state index contributed by atoms with van der Waals surface area (Å²) < 4.78 is 0. The third-order valence-corrected chi connectivity index (χ3v) is 3.49. The Labute approximate surface area is 119 Å². The van der Waals surface area contributed by atoms with Gasteiger partial charge in [0.25, 0.3) is 5.91 Å². The van der Waals surface area contributed by atoms with Crippen molar-refractivity contribution in [3.8, 4) is 11.8 Å². The van der Waals surface area contributed by atoms with E-state index in [1.165, 1.54) is 12.8 Å². The van der Waals surface area contributed by atoms with E-state index >= 15 is 0 Å². The quantitative estimate of drug-likeness (QED) is 0.800. The molecule has 0 radical (unpaired) electrons. The Morgan fingerprint density at radius 3 is 3.10 bits per heavy atom. The van der Waals surface area contributed by atoms with Gasteiger partial charge in [0.1, 0.15) is 5.69 Å². The molecule has 0 aromatic carbocycles. The molecular weight excluding hydrogens is 252 g/mol. The summed E-state index contributed by atoms with van der Waals surface area (Å²) >= 11 is 0. The van der Waals surface area contributed by atoms with Gasteiger partial charge in [0.2, 0.25) is 0 Å². The van der Waals surface area contributed by atoms with Crippen LogP contribution in [0.2, 0.25) is 0 Å². The molecular formula is C16H20N2O2. The van der Waals surface area contributed by atoms with Gasteiger partial charge < -0.3 is 10.4 Å². The summed E-state index contributed by atoms with van der Waals surface area (Å²) in [5.74, 6) is 6.82. The van der Waals surface area contributed by atoms with Crippen LogP contribution in [0.15, 0.2) is 18.3 Å². The maximum absolute atomic E-state index is 12.2. The number of aliphatic hydroxyl groups excluding tert-OH is 1. The first kappa shape index (κ1) is 14.5. The zero-order valence-corrected chi connectivity index (χ0v) is 11.7. The molecule has 4 heteroatoms. The maximum Gasteiger partial charge on any atom is 0.271 e. The highest BCUT2D eigenvalue weighted by Gasteiger charge is 2.28. The summed E-state index contributed by atoms with van der Waals surface area (Å²) in [5, 5.41) is 11.7. The van der Waals surface area contributed by atoms with Gasteiger partial charge in [-0.15, -0.1) is 0 Å². The maximum atomic E-state index is 12.2. The van der Waals surface area contributed by atoms with E-state index in [-0.39, 0.29) is 12.5 Å². The van der Waals surface area contributed by atoms with Crippen LogP contribution in [-0.2, 0) is 0 Å². The van der Waals surface area contributed by atoms with E-state index in [0.717, 1.165) is 5.92 Å². The van der Waals surface area contributed by atoms with Crippen molar-refractivity contribution in [2.75, 3.05) is 13.2 Å². The Kier molecular flexibility index (Phi) is 5.14. The van der Waals surface area contributed by atoms with Crippen molar-refractivity contribution < 1.29 is 9.90 Å². The van der Waals surface area contributed by atoms with Crippen molar-refractivity contribution in [2.45, 2.75) is 26.2 Å². The minimum atomic E-state index is -0.175. The van der Waals surface area contributed by atoms with Crippen LogP contribution < -0.4 is 5.32 Å². The lowest BCUT2D eigenvalue weighted by atomic mass is 10.1. The molecule has 1 aliphatic rings. The Hall–Kier alpha value is -1.86. The summed E-state index contributed by atoms with van der Waals surface area (Å²) in [4.78, 5) is 16.3. The lowest BCUT2D eigenvalue weighted by Gasteiger charge is -2.11. The molecule has 1 fully saturated rings. The monoisotopic (exact) mass is 272 g/mol. The number of nitrogens with one attached hydrogen (secondary N) is 1. The van der Waals surface area contributed by atoms with Gasteiger partial charge in [0.05, 0.1) is 12.2 Å². The molecule has 0 aliphatic heterocycles. The van der Waals surface area contributed by atoms with Crippen LogP contribution >= 0.6 is 0 Å². The predicted molar refractivity (Wildman–Crippen MR) is 77.0 cm³/mol. The van der Waals surface area contributed by atoms with Gasteiger partial charge in [-0.25, -0.2) is 4.98 Å². The van der Waals surface area contributed by atoms with Crippen LogP contribution in [0, 0.1) is 23.7 Å². The molecule has 1 amide bonds. The second kappa shape index (κ2) is 7.06. The molecule has 1 atom stereocenters. The van der Waals surface area contributed by atoms with Crippen molar-refractivity contribution in [2.24, 2.45) is 11.8 Å². The van der Waals surface area contributed by atoms with Crippen molar-refractivity contribution in [3.63, 3.8) is 0 Å². The lowest BCUT2D eigenvalue weighted by molar-refractivity contribution is 0.0941. The fourth-order valence-corrected chi connectivity index (χ4v) is 2.07. The number of hydrogen-bond acceptors (Lipinski definition) is 3. The largest absolute Gasteiger partial charge is 0.395 e. The van der Waals surface area contributed by atoms with Crippen LogP contribution in [0.4, 0.5) is 0 Å². The van der Waals surface area contributed by atoms with Crippen molar-refractivity contribution in [1.29, 1.82) is 0 Å². The number of nitrogens with zero attached hydrogens (tertiary/aromatic N) is 1. The number of rotatable bonds is 5. The number of aromatic nitrogens is 1. The van der Waals surface area contributed by atoms with E-state index in [2.05, 4.69) is 29.1 Å². The second-order valence-corrected chi connectivity index (χ2v) is 5.20. The van der Waals surface area contributed by atoms with Crippen molar-refractivity contribution in [3.05, 3.63) is 29.6 Å². The van der Waals surface area contributed by atoms with Crippen molar-refractivity contribution in [1.82, 2.24) is 10.3 Å². The third-order valence-electron chi connectivity index (χ3n) is 3.49. The molecule has 1 saturated carbocycles. The van der Waals surface area contributed by atoms with Crippen LogP contribution in [0.1, 0.15) is 42.2 Å². The average molecular weight is 272 g/mol. The number of carbonyl (C=O) groups excluding carboxylic acids is 1. The van der Waals surface area contributed by atoms with Gasteiger partial charge in [-0.1, -0.05) is 18.8 Å². The highest BCUT2D eigenvalue weighted by Crippen LogP contribution is 2.36. The number of amides is 1. The Morgan fingerprint density at radius 2 is 2.40 bits per heavy atom. The van der Waals surface area contributed by atoms with Gasteiger partial charge in [-0.2, -0.15) is 0 Å². The fraction of sp³-hybridized carbons (Fsp3) is 0.500. The normalized spacial score (nSPS) is 15.1. The van der Waals surface area contributed by atoms with E-state index < -0.39 is 0 Å². The molecule has 1 heterocycles. The summed E-state index contributed by atoms with van der Waals surface area (Å²) in [6, 6.07) is 3.53. The Morgan fingerprint density at radius 1 is 1.60 bits per heavy atom. The smallest absolute Gasteiger partial charge is 0.271 e. The molecule has 0 spiro atoms. The summed E-state index contributed by atoms with van der Waals surface area (Å²) in [6.45, 7) is 2.87. The second-order valence-electron chi connectivity index (χ2n) is 5.20. The van der Waals surface area contributed by atoms with Crippen LogP contribution in [-0.4, -0.2) is 29.1 Å². The zero-order chi connectivity index (χ0) is 14.4. The van der Waals surface area contributed by atoms with E-state index in [0.29, 0.717) is 30.1 Å². The highest BCUT2D eigenvalue weighted by molar-refractivity contribution is 5.94. The number of aliphatic hydroxyl groups is 1. The number of carbonyl (C=O) groups is 1. The lowest BCUT2D eigenvalue weighted by Crippen LogP contribution is -2.30. The van der Waals surface area contributed by atoms with Gasteiger partial charge in [-0.3, -0.25) is 4.79 Å². The third kappa shape index (κ3) is 4.07. The van der Waals surface area contributed by atoms with Gasteiger partial charge in [0.15, 0.2) is 0 Å². The highest BCUT2D eigenvalue weighted by atomic mass is 16.2. The first-order valence-electron chi connectivity index (χ1n) is 7.05. The van der Waals surface area contributed by atoms with E-state index in [9.17, 15) is 4.79 Å². The van der Waals surface area contributed by atoms with Crippen LogP contribution in [0.5, 0.6) is 0 Å². The molecule has 1 aliphatic carbocycles. The minimum Gasteiger partial charge on any atom is -0.395 e. The van der Waals surface area contributed by atoms with Gasteiger partial charge >= 0.3 is 0 Å². The van der Waals surface area contributed by atoms with Gasteiger partial charge in [0, 0.05) is 19.2 Å². The Balaban J connectivity index is 1.99. The molecule has 0 bridgehead atoms. The summed E-state index contributed by atoms with van der Waals surface area (Å²) in [5.41, 5.74) is 0.971. The van der Waals surface area contributed by atoms with Crippen molar-refractivity contribution >= 4 is 5.91 Å². The molecule has 2 N–H and O–H groups in total. The molecule has 2 rings (SSSR count). The molecule has 106 valence electrons. The molecule has 1 unspecified atom stereocenters. The van der Waals surface area contributed by atoms with E-state index in [1.807, 2.05) is 0 Å². The molecule has 0 saturated heterocycles. The van der Waals surface area contributed by atoms with Gasteiger partial charge in [-0.05, 0) is 36.8 Å². The van der Waals surface area contributed by atoms with Crippen LogP contribution in [0.3, 0.4) is 0 Å². The molecule has 4 nitrogen and oxygen atoms in total. The number of pyridine rings is 1. The molecule has 1 aromatic rings. The SMILES string of the molecule is CC(CNC(=O)c1ncccc1C#CCCO)C1CC1. The first-order chi connectivity index (χ1) is 9.72. The number of hydrogen-bond donors (Lipinski definition) is 2. The Bertz CT molecular complexity index is 527. The predicted octanol–water partition coefficient (Wildman–Crippen LogP) is 1.59. The topological polar surface area (TPSA) is 62.2 Å². The summed E-state index contributed by atoms with van der Waals surface area (Å²) in [6.07, 6.45) is 4.54. The average Bonchev–Trinajstić information content (AvgIpc) is 3.30. The van der Waals surface area contributed by atoms with E-state index in [1.54, 1.807) is 18.3 Å². The minimum absolute atomic E-state index is 0.0215. The zero-order valence-electron chi connectivity index (χ0n) is 11.7. The van der Waals surface area contributed by atoms with E-state index in [4.69, 9.17) is 5.11 Å². The molecule has 1 aromatic heterocycles. The first-order valence-corrected chi connectivity index (χ1v) is 7.05. The fourth-order valence-electron chi connectivity index (χ4n) is 2.07. The summed E-state index contributed by atoms with van der Waals surface area (Å²) in [7, 11) is 0.